The van der Waals surface area contributed by atoms with Crippen LogP contribution in [-0.4, -0.2) is 15.9 Å². The Balaban J connectivity index is 1.84. The lowest BCUT2D eigenvalue weighted by Gasteiger charge is -2.02. The van der Waals surface area contributed by atoms with E-state index in [-0.39, 0.29) is 5.56 Å². The zero-order valence-corrected chi connectivity index (χ0v) is 14.2. The van der Waals surface area contributed by atoms with Crippen LogP contribution < -0.4 is 5.56 Å². The summed E-state index contributed by atoms with van der Waals surface area (Å²) in [6.45, 7) is 3.96. The number of thiophene rings is 1. The van der Waals surface area contributed by atoms with Crippen molar-refractivity contribution >= 4 is 38.5 Å². The summed E-state index contributed by atoms with van der Waals surface area (Å²) in [7, 11) is 0. The molecule has 5 heteroatoms. The van der Waals surface area contributed by atoms with Crippen LogP contribution in [0.5, 0.6) is 0 Å². The topological polar surface area (TPSA) is 47.2 Å². The third kappa shape index (κ3) is 2.34. The lowest BCUT2D eigenvalue weighted by atomic mass is 10.1. The maximum absolute atomic E-state index is 12.7. The Bertz CT molecular complexity index is 1150. The number of hydrogen-bond donors (Lipinski definition) is 0. The molecule has 2 heterocycles. The molecular formula is C19H15N3OS. The van der Waals surface area contributed by atoms with Gasteiger partial charge in [-0.05, 0) is 30.2 Å². The number of aromatic nitrogens is 2. The second-order valence-corrected chi connectivity index (χ2v) is 6.87. The Morgan fingerprint density at radius 3 is 2.79 bits per heavy atom. The third-order valence-corrected chi connectivity index (χ3v) is 5.33. The SMILES string of the molecule is Cc1sc2ncn(/N=C/c3cccc4ccccc34)c(=O)c2c1C. The molecule has 4 nitrogen and oxygen atoms in total. The van der Waals surface area contributed by atoms with Crippen LogP contribution in [0.3, 0.4) is 0 Å². The number of aryl methyl sites for hydroxylation is 2. The van der Waals surface area contributed by atoms with Gasteiger partial charge in [0, 0.05) is 10.4 Å². The normalized spacial score (nSPS) is 11.8. The molecule has 0 saturated carbocycles. The van der Waals surface area contributed by atoms with Gasteiger partial charge in [-0.3, -0.25) is 4.79 Å². The Labute approximate surface area is 142 Å². The van der Waals surface area contributed by atoms with Crippen molar-refractivity contribution in [3.63, 3.8) is 0 Å². The standard InChI is InChI=1S/C19H15N3OS/c1-12-13(2)24-18-17(12)19(23)22(11-20-18)21-10-15-8-5-7-14-6-3-4-9-16(14)15/h3-11H,1-2H3/b21-10+. The molecular weight excluding hydrogens is 318 g/mol. The van der Waals surface area contributed by atoms with Crippen molar-refractivity contribution < 1.29 is 0 Å². The summed E-state index contributed by atoms with van der Waals surface area (Å²) in [5.41, 5.74) is 1.83. The lowest BCUT2D eigenvalue weighted by Crippen LogP contribution is -2.17. The summed E-state index contributed by atoms with van der Waals surface area (Å²) in [6, 6.07) is 14.1. The Morgan fingerprint density at radius 2 is 1.92 bits per heavy atom. The molecule has 0 aliphatic heterocycles. The number of fused-ring (bicyclic) bond motifs is 2. The molecule has 0 N–H and O–H groups in total. The molecule has 2 aromatic heterocycles. The van der Waals surface area contributed by atoms with Crippen molar-refractivity contribution in [3.8, 4) is 0 Å². The average molecular weight is 333 g/mol. The first-order chi connectivity index (χ1) is 11.6. The predicted octanol–water partition coefficient (Wildman–Crippen LogP) is 4.11. The number of rotatable bonds is 2. The van der Waals surface area contributed by atoms with Crippen LogP contribution in [0.2, 0.25) is 0 Å². The van der Waals surface area contributed by atoms with E-state index < -0.39 is 0 Å². The fraction of sp³-hybridized carbons (Fsp3) is 0.105. The van der Waals surface area contributed by atoms with E-state index in [0.717, 1.165) is 31.6 Å². The summed E-state index contributed by atoms with van der Waals surface area (Å²) in [5, 5.41) is 7.26. The highest BCUT2D eigenvalue weighted by atomic mass is 32.1. The minimum absolute atomic E-state index is 0.127. The molecule has 0 fully saturated rings. The zero-order valence-electron chi connectivity index (χ0n) is 13.4. The number of benzene rings is 2. The van der Waals surface area contributed by atoms with Gasteiger partial charge in [0.05, 0.1) is 11.6 Å². The summed E-state index contributed by atoms with van der Waals surface area (Å²) < 4.78 is 1.31. The van der Waals surface area contributed by atoms with E-state index in [1.807, 2.05) is 44.2 Å². The van der Waals surface area contributed by atoms with E-state index in [2.05, 4.69) is 22.2 Å². The maximum Gasteiger partial charge on any atom is 0.282 e. The average Bonchev–Trinajstić information content (AvgIpc) is 2.89. The van der Waals surface area contributed by atoms with E-state index in [1.165, 1.54) is 11.0 Å². The smallest absolute Gasteiger partial charge is 0.267 e. The van der Waals surface area contributed by atoms with Crippen molar-refractivity contribution in [1.29, 1.82) is 0 Å². The largest absolute Gasteiger partial charge is 0.282 e. The molecule has 0 bridgehead atoms. The second kappa shape index (κ2) is 5.69. The molecule has 4 aromatic rings. The first-order valence-electron chi connectivity index (χ1n) is 7.64. The molecule has 0 aliphatic rings. The molecule has 24 heavy (non-hydrogen) atoms. The van der Waals surface area contributed by atoms with E-state index >= 15 is 0 Å². The Kier molecular flexibility index (Phi) is 3.50. The highest BCUT2D eigenvalue weighted by Crippen LogP contribution is 2.25. The van der Waals surface area contributed by atoms with Crippen molar-refractivity contribution in [1.82, 2.24) is 9.66 Å². The predicted molar refractivity (Wildman–Crippen MR) is 100 cm³/mol. The summed E-state index contributed by atoms with van der Waals surface area (Å²) in [4.78, 5) is 18.9. The summed E-state index contributed by atoms with van der Waals surface area (Å²) in [6.07, 6.45) is 3.20. The highest BCUT2D eigenvalue weighted by molar-refractivity contribution is 7.18. The molecule has 118 valence electrons. The van der Waals surface area contributed by atoms with Crippen molar-refractivity contribution in [2.75, 3.05) is 0 Å². The minimum atomic E-state index is -0.127. The van der Waals surface area contributed by atoms with Crippen LogP contribution in [0.25, 0.3) is 21.0 Å². The van der Waals surface area contributed by atoms with Gasteiger partial charge in [0.15, 0.2) is 0 Å². The van der Waals surface area contributed by atoms with Crippen LogP contribution >= 0.6 is 11.3 Å². The molecule has 0 atom stereocenters. The van der Waals surface area contributed by atoms with E-state index in [1.54, 1.807) is 17.6 Å². The van der Waals surface area contributed by atoms with E-state index in [4.69, 9.17) is 0 Å². The molecule has 4 rings (SSSR count). The molecule has 0 unspecified atom stereocenters. The van der Waals surface area contributed by atoms with Crippen molar-refractivity contribution in [2.45, 2.75) is 13.8 Å². The van der Waals surface area contributed by atoms with E-state index in [0.29, 0.717) is 5.39 Å². The van der Waals surface area contributed by atoms with Gasteiger partial charge in [-0.1, -0.05) is 42.5 Å². The van der Waals surface area contributed by atoms with Gasteiger partial charge in [-0.25, -0.2) is 4.98 Å². The second-order valence-electron chi connectivity index (χ2n) is 5.67. The molecule has 0 spiro atoms. The number of hydrogen-bond acceptors (Lipinski definition) is 4. The molecule has 0 radical (unpaired) electrons. The van der Waals surface area contributed by atoms with Crippen molar-refractivity contribution in [3.05, 3.63) is 75.1 Å². The fourth-order valence-electron chi connectivity index (χ4n) is 2.80. The van der Waals surface area contributed by atoms with Crippen LogP contribution in [0.15, 0.2) is 58.7 Å². The molecule has 0 aliphatic carbocycles. The van der Waals surface area contributed by atoms with Crippen LogP contribution in [0.1, 0.15) is 16.0 Å². The zero-order chi connectivity index (χ0) is 16.7. The van der Waals surface area contributed by atoms with Crippen LogP contribution in [0, 0.1) is 13.8 Å². The monoisotopic (exact) mass is 333 g/mol. The Hall–Kier alpha value is -2.79. The van der Waals surface area contributed by atoms with Gasteiger partial charge in [0.2, 0.25) is 0 Å². The van der Waals surface area contributed by atoms with E-state index in [9.17, 15) is 4.79 Å². The number of nitrogens with zero attached hydrogens (tertiary/aromatic N) is 3. The highest BCUT2D eigenvalue weighted by Gasteiger charge is 2.11. The van der Waals surface area contributed by atoms with Gasteiger partial charge in [-0.15, -0.1) is 11.3 Å². The lowest BCUT2D eigenvalue weighted by molar-refractivity contribution is 0.818. The van der Waals surface area contributed by atoms with Gasteiger partial charge >= 0.3 is 0 Å². The van der Waals surface area contributed by atoms with Crippen LogP contribution in [0.4, 0.5) is 0 Å². The van der Waals surface area contributed by atoms with Gasteiger partial charge in [0.25, 0.3) is 5.56 Å². The fourth-order valence-corrected chi connectivity index (χ4v) is 3.78. The van der Waals surface area contributed by atoms with Gasteiger partial charge < -0.3 is 0 Å². The first-order valence-corrected chi connectivity index (χ1v) is 8.46. The first kappa shape index (κ1) is 14.8. The van der Waals surface area contributed by atoms with Crippen LogP contribution in [-0.2, 0) is 0 Å². The third-order valence-electron chi connectivity index (χ3n) is 4.22. The quantitative estimate of drug-likeness (QED) is 0.518. The Morgan fingerprint density at radius 1 is 1.12 bits per heavy atom. The van der Waals surface area contributed by atoms with Gasteiger partial charge in [0.1, 0.15) is 11.2 Å². The summed E-state index contributed by atoms with van der Waals surface area (Å²) >= 11 is 1.54. The molecule has 0 amide bonds. The van der Waals surface area contributed by atoms with Gasteiger partial charge in [-0.2, -0.15) is 9.78 Å². The van der Waals surface area contributed by atoms with Crippen molar-refractivity contribution in [2.24, 2.45) is 5.10 Å². The maximum atomic E-state index is 12.7. The molecule has 0 saturated heterocycles. The summed E-state index contributed by atoms with van der Waals surface area (Å²) in [5.74, 6) is 0. The minimum Gasteiger partial charge on any atom is -0.267 e. The molecule has 2 aromatic carbocycles.